The van der Waals surface area contributed by atoms with Crippen LogP contribution in [0.2, 0.25) is 0 Å². The molecule has 0 aromatic carbocycles. The van der Waals surface area contributed by atoms with Crippen molar-refractivity contribution in [2.45, 2.75) is 25.7 Å². The van der Waals surface area contributed by atoms with Crippen LogP contribution < -0.4 is 4.72 Å². The van der Waals surface area contributed by atoms with E-state index in [1.165, 1.54) is 0 Å². The smallest absolute Gasteiger partial charge is 0.303 e. The quantitative estimate of drug-likeness (QED) is 0.404. The molecule has 0 aromatic rings. The van der Waals surface area contributed by atoms with E-state index in [4.69, 9.17) is 9.66 Å². The molecule has 6 heteroatoms. The van der Waals surface area contributed by atoms with Gasteiger partial charge in [-0.05, 0) is 12.8 Å². The third-order valence-electron chi connectivity index (χ3n) is 1.29. The molecule has 0 aliphatic carbocycles. The number of aliphatic carboxylic acids is 1. The van der Waals surface area contributed by atoms with Gasteiger partial charge in [-0.2, -0.15) is 0 Å². The molecule has 0 aromatic heterocycles. The molecule has 0 aliphatic rings. The molecule has 0 saturated carbocycles. The number of rotatable bonds is 7. The average molecular weight is 195 g/mol. The maximum atomic E-state index is 10.0. The van der Waals surface area contributed by atoms with E-state index in [1.807, 2.05) is 0 Å². The fraction of sp³-hybridized carbons (Fsp3) is 0.833. The van der Waals surface area contributed by atoms with Crippen molar-refractivity contribution in [2.24, 2.45) is 0 Å². The molecule has 0 bridgehead atoms. The largest absolute Gasteiger partial charge is 0.481 e. The Balaban J connectivity index is 3.01. The number of carbonyl (C=O) groups is 1. The first-order valence-corrected chi connectivity index (χ1v) is 4.79. The topological polar surface area (TPSA) is 86.6 Å². The Morgan fingerprint density at radius 1 is 1.33 bits per heavy atom. The van der Waals surface area contributed by atoms with Crippen LogP contribution in [0.4, 0.5) is 0 Å². The van der Waals surface area contributed by atoms with Crippen molar-refractivity contribution >= 4 is 17.2 Å². The lowest BCUT2D eigenvalue weighted by Crippen LogP contribution is -2.17. The molecule has 0 aliphatic heterocycles. The van der Waals surface area contributed by atoms with Crippen LogP contribution in [0.3, 0.4) is 0 Å². The summed E-state index contributed by atoms with van der Waals surface area (Å²) in [6, 6.07) is 0. The van der Waals surface area contributed by atoms with Crippen molar-refractivity contribution in [1.82, 2.24) is 4.72 Å². The maximum absolute atomic E-state index is 10.0. The number of carboxylic acids is 1. The van der Waals surface area contributed by atoms with Crippen LogP contribution >= 0.6 is 0 Å². The second-order valence-electron chi connectivity index (χ2n) is 2.35. The number of unbranched alkanes of at least 4 members (excludes halogenated alkanes) is 2. The molecule has 72 valence electrons. The zero-order valence-corrected chi connectivity index (χ0v) is 7.47. The Kier molecular flexibility index (Phi) is 6.93. The molecule has 5 nitrogen and oxygen atoms in total. The highest BCUT2D eigenvalue weighted by molar-refractivity contribution is 7.77. The van der Waals surface area contributed by atoms with Crippen molar-refractivity contribution in [3.8, 4) is 0 Å². The summed E-state index contributed by atoms with van der Waals surface area (Å²) in [5, 5.41) is 8.25. The van der Waals surface area contributed by atoms with Gasteiger partial charge in [-0.25, -0.2) is 8.93 Å². The van der Waals surface area contributed by atoms with Gasteiger partial charge in [-0.3, -0.25) is 9.35 Å². The van der Waals surface area contributed by atoms with Gasteiger partial charge >= 0.3 is 5.97 Å². The highest BCUT2D eigenvalue weighted by atomic mass is 32.2. The van der Waals surface area contributed by atoms with Crippen molar-refractivity contribution in [3.63, 3.8) is 0 Å². The van der Waals surface area contributed by atoms with Crippen molar-refractivity contribution < 1.29 is 18.7 Å². The molecule has 12 heavy (non-hydrogen) atoms. The molecule has 0 heterocycles. The second-order valence-corrected chi connectivity index (χ2v) is 3.13. The molecule has 1 atom stereocenters. The van der Waals surface area contributed by atoms with Crippen LogP contribution in [-0.2, 0) is 16.1 Å². The van der Waals surface area contributed by atoms with Gasteiger partial charge in [0, 0.05) is 13.0 Å². The van der Waals surface area contributed by atoms with Gasteiger partial charge in [0.1, 0.15) is 0 Å². The first-order chi connectivity index (χ1) is 5.63. The van der Waals surface area contributed by atoms with Crippen LogP contribution in [0.25, 0.3) is 0 Å². The minimum absolute atomic E-state index is 0.169. The summed E-state index contributed by atoms with van der Waals surface area (Å²) in [6.45, 7) is 0.447. The highest BCUT2D eigenvalue weighted by Gasteiger charge is 1.96. The highest BCUT2D eigenvalue weighted by Crippen LogP contribution is 1.98. The average Bonchev–Trinajstić information content (AvgIpc) is 1.95. The van der Waals surface area contributed by atoms with Gasteiger partial charge < -0.3 is 5.11 Å². The predicted molar refractivity (Wildman–Crippen MR) is 44.9 cm³/mol. The number of hydrogen-bond donors (Lipinski definition) is 3. The second kappa shape index (κ2) is 7.20. The van der Waals surface area contributed by atoms with E-state index in [1.54, 1.807) is 0 Å². The Morgan fingerprint density at radius 2 is 2.00 bits per heavy atom. The first kappa shape index (κ1) is 11.5. The summed E-state index contributed by atoms with van der Waals surface area (Å²) in [5.74, 6) is -0.798. The molecular formula is C6H13NO4S. The lowest BCUT2D eigenvalue weighted by Gasteiger charge is -1.98. The number of hydrogen-bond acceptors (Lipinski definition) is 2. The lowest BCUT2D eigenvalue weighted by molar-refractivity contribution is -0.137. The zero-order valence-electron chi connectivity index (χ0n) is 6.65. The molecule has 0 saturated heterocycles. The van der Waals surface area contributed by atoms with Crippen LogP contribution in [0.1, 0.15) is 25.7 Å². The van der Waals surface area contributed by atoms with Gasteiger partial charge in [0.2, 0.25) is 11.3 Å². The molecule has 0 spiro atoms. The molecule has 1 unspecified atom stereocenters. The van der Waals surface area contributed by atoms with E-state index >= 15 is 0 Å². The summed E-state index contributed by atoms with van der Waals surface area (Å²) in [7, 11) is 0. The van der Waals surface area contributed by atoms with E-state index in [-0.39, 0.29) is 6.42 Å². The summed E-state index contributed by atoms with van der Waals surface area (Å²) in [4.78, 5) is 10.0. The minimum Gasteiger partial charge on any atom is -0.481 e. The van der Waals surface area contributed by atoms with Crippen molar-refractivity contribution in [2.75, 3.05) is 6.54 Å². The van der Waals surface area contributed by atoms with Crippen LogP contribution in [0.15, 0.2) is 0 Å². The Morgan fingerprint density at radius 3 is 2.50 bits per heavy atom. The van der Waals surface area contributed by atoms with Gasteiger partial charge in [-0.1, -0.05) is 6.42 Å². The Hall–Kier alpha value is -0.460. The maximum Gasteiger partial charge on any atom is 0.303 e. The van der Waals surface area contributed by atoms with Gasteiger partial charge in [-0.15, -0.1) is 0 Å². The fourth-order valence-corrected chi connectivity index (χ4v) is 1.06. The van der Waals surface area contributed by atoms with Crippen molar-refractivity contribution in [3.05, 3.63) is 0 Å². The number of nitrogens with one attached hydrogen (secondary N) is 1. The molecule has 3 N–H and O–H groups in total. The normalized spacial score (nSPS) is 12.8. The van der Waals surface area contributed by atoms with E-state index in [0.29, 0.717) is 13.0 Å². The Labute approximate surface area is 73.6 Å². The van der Waals surface area contributed by atoms with E-state index < -0.39 is 17.2 Å². The van der Waals surface area contributed by atoms with Gasteiger partial charge in [0.05, 0.1) is 0 Å². The number of carboxylic acid groups (broad SMARTS) is 1. The summed E-state index contributed by atoms with van der Waals surface area (Å²) in [5.41, 5.74) is 0. The third-order valence-corrected chi connectivity index (χ3v) is 1.74. The molecule has 0 radical (unpaired) electrons. The Bertz CT molecular complexity index is 144. The molecular weight excluding hydrogens is 182 g/mol. The molecule has 0 rings (SSSR count). The third kappa shape index (κ3) is 9.54. The van der Waals surface area contributed by atoms with Crippen LogP contribution in [-0.4, -0.2) is 26.4 Å². The van der Waals surface area contributed by atoms with Crippen LogP contribution in [0.5, 0.6) is 0 Å². The van der Waals surface area contributed by atoms with E-state index in [2.05, 4.69) is 4.72 Å². The standard InChI is InChI=1S/C6H13NO4S/c8-6(9)4-2-1-3-5-7-12(10)11/h7H,1-5H2,(H,8,9)(H,10,11). The molecule has 0 fully saturated rings. The predicted octanol–water partition coefficient (Wildman–Crippen LogP) is 0.358. The summed E-state index contributed by atoms with van der Waals surface area (Å²) >= 11 is -1.95. The van der Waals surface area contributed by atoms with Gasteiger partial charge in [0.15, 0.2) is 0 Å². The summed E-state index contributed by atoms with van der Waals surface area (Å²) in [6.07, 6.45) is 2.27. The molecule has 0 amide bonds. The van der Waals surface area contributed by atoms with E-state index in [9.17, 15) is 9.00 Å². The summed E-state index contributed by atoms with van der Waals surface area (Å²) < 4.78 is 20.6. The minimum atomic E-state index is -1.95. The lowest BCUT2D eigenvalue weighted by atomic mass is 10.2. The van der Waals surface area contributed by atoms with Crippen LogP contribution in [0, 0.1) is 0 Å². The monoisotopic (exact) mass is 195 g/mol. The van der Waals surface area contributed by atoms with E-state index in [0.717, 1.165) is 12.8 Å². The SMILES string of the molecule is O=C(O)CCCCCNS(=O)O. The zero-order chi connectivity index (χ0) is 9.40. The first-order valence-electron chi connectivity index (χ1n) is 3.69. The van der Waals surface area contributed by atoms with Gasteiger partial charge in [0.25, 0.3) is 0 Å². The fourth-order valence-electron chi connectivity index (χ4n) is 0.737. The van der Waals surface area contributed by atoms with Crippen molar-refractivity contribution in [1.29, 1.82) is 0 Å².